The molecule has 0 aromatic carbocycles. The fourth-order valence-electron chi connectivity index (χ4n) is 10.7. The molecule has 472 valence electrons. The smallest absolute Gasteiger partial charge is 0.0655 e. The number of rotatable bonds is 50. The summed E-state index contributed by atoms with van der Waals surface area (Å²) in [5.74, 6) is 0. The molecule has 0 amide bonds. The van der Waals surface area contributed by atoms with E-state index < -0.39 is 44.7 Å². The summed E-state index contributed by atoms with van der Waals surface area (Å²) in [6.07, 6.45) is 71.8. The van der Waals surface area contributed by atoms with Crippen LogP contribution in [0.2, 0.25) is 0 Å². The molecule has 0 saturated heterocycles. The molecular weight excluding hydrogens is 1070 g/mol. The molecule has 0 aromatic heterocycles. The van der Waals surface area contributed by atoms with Crippen molar-refractivity contribution in [3.8, 4) is 0 Å². The third-order valence-corrected chi connectivity index (χ3v) is 37.8. The maximum atomic E-state index is 9.32. The first-order chi connectivity index (χ1) is 36.7. The van der Waals surface area contributed by atoms with E-state index in [1.165, 1.54) is 205 Å². The molecule has 0 heterocycles. The monoisotopic (exact) mass is 1210 g/mol. The Bertz CT molecular complexity index is 934. The summed E-state index contributed by atoms with van der Waals surface area (Å²) in [6.45, 7) is 37.7. The predicted octanol–water partition coefficient (Wildman–Crippen LogP) is 21.5. The van der Waals surface area contributed by atoms with Crippen molar-refractivity contribution < 1.29 is 33.0 Å². The van der Waals surface area contributed by atoms with E-state index in [2.05, 4.69) is 115 Å². The maximum absolute atomic E-state index is 9.32. The van der Waals surface area contributed by atoms with E-state index in [0.717, 1.165) is 0 Å². The molecule has 0 atom stereocenters. The van der Waals surface area contributed by atoms with Gasteiger partial charge in [-0.3, -0.25) is 0 Å². The zero-order chi connectivity index (χ0) is 59.6. The first-order valence-corrected chi connectivity index (χ1v) is 46.9. The third-order valence-electron chi connectivity index (χ3n) is 16.0. The van der Waals surface area contributed by atoms with Crippen LogP contribution in [0.25, 0.3) is 0 Å². The summed E-state index contributed by atoms with van der Waals surface area (Å²) in [7, 11) is -13.6. The second-order valence-corrected chi connectivity index (χ2v) is 43.9. The molecule has 0 aromatic rings. The van der Waals surface area contributed by atoms with Crippen LogP contribution < -0.4 is 19.6 Å². The molecule has 13 heteroatoms. The second kappa shape index (κ2) is 61.1. The summed E-state index contributed by atoms with van der Waals surface area (Å²) in [5.41, 5.74) is 0. The van der Waals surface area contributed by atoms with Gasteiger partial charge >= 0.3 is 0 Å². The Labute approximate surface area is 489 Å². The van der Waals surface area contributed by atoms with Crippen molar-refractivity contribution in [2.75, 3.05) is 98.6 Å². The van der Waals surface area contributed by atoms with Gasteiger partial charge in [-0.25, -0.2) is 0 Å². The Morgan fingerprint density at radius 1 is 0.208 bits per heavy atom. The fraction of sp³-hybridized carbons (Fsp3) is 1.00. The quantitative estimate of drug-likeness (QED) is 0.0553. The molecule has 0 rings (SSSR count). The molecule has 0 aliphatic heterocycles. The van der Waals surface area contributed by atoms with Crippen molar-refractivity contribution in [3.05, 3.63) is 0 Å². The summed E-state index contributed by atoms with van der Waals surface area (Å²) >= 11 is 0. The molecule has 77 heavy (non-hydrogen) atoms. The molecule has 0 bridgehead atoms. The van der Waals surface area contributed by atoms with Crippen LogP contribution in [0.15, 0.2) is 0 Å². The molecule has 0 unspecified atom stereocenters. The summed E-state index contributed by atoms with van der Waals surface area (Å²) in [5, 5.41) is 0. The number of hydrogen-bond acceptors (Lipinski definition) is 7. The average Bonchev–Trinajstić information content (AvgIpc) is 3.41. The van der Waals surface area contributed by atoms with Crippen molar-refractivity contribution in [2.24, 2.45) is 0 Å². The minimum Gasteiger partial charge on any atom is -0.790 e. The molecule has 7 nitrogen and oxygen atoms in total. The van der Waals surface area contributed by atoms with E-state index >= 15 is 0 Å². The van der Waals surface area contributed by atoms with Crippen LogP contribution in [0.4, 0.5) is 0 Å². The molecule has 0 N–H and O–H groups in total. The second-order valence-electron chi connectivity index (χ2n) is 23.6. The van der Waals surface area contributed by atoms with Crippen molar-refractivity contribution in [3.63, 3.8) is 0 Å². The van der Waals surface area contributed by atoms with Gasteiger partial charge in [0.15, 0.2) is 0 Å². The fourth-order valence-corrected chi connectivity index (χ4v) is 32.8. The van der Waals surface area contributed by atoms with Crippen molar-refractivity contribution >= 4 is 44.7 Å². The van der Waals surface area contributed by atoms with Gasteiger partial charge in [0.25, 0.3) is 0 Å². The zero-order valence-electron chi connectivity index (χ0n) is 55.5. The Balaban J connectivity index is -0.000000284. The van der Waals surface area contributed by atoms with Gasteiger partial charge < -0.3 is 33.0 Å². The largest absolute Gasteiger partial charge is 0.790 e. The minimum absolute atomic E-state index is 0.562. The lowest BCUT2D eigenvalue weighted by Gasteiger charge is -2.39. The molecular formula is C64H144O7P6. The van der Waals surface area contributed by atoms with Crippen LogP contribution >= 0.6 is 44.7 Å². The Morgan fingerprint density at radius 3 is 0.325 bits per heavy atom. The molecule has 0 aliphatic carbocycles. The zero-order valence-corrected chi connectivity index (χ0v) is 60.8. The van der Waals surface area contributed by atoms with Crippen LogP contribution in [0, 0.1) is 0 Å². The number of phosphoric acid groups is 2. The van der Waals surface area contributed by atoms with Crippen LogP contribution in [-0.4, -0.2) is 98.6 Å². The molecule has 0 aliphatic rings. The Hall–Kier alpha value is 1.98. The normalized spacial score (nSPS) is 12.2. The molecule has 0 spiro atoms. The summed E-state index contributed by atoms with van der Waals surface area (Å²) < 4.78 is 21.2. The van der Waals surface area contributed by atoms with Gasteiger partial charge in [0.2, 0.25) is 0 Å². The summed E-state index contributed by atoms with van der Waals surface area (Å²) in [4.78, 5) is 37.3. The number of unbranched alkanes of at least 4 members (excludes halogenated alkanes) is 16. The highest BCUT2D eigenvalue weighted by atomic mass is 31.3. The van der Waals surface area contributed by atoms with Crippen LogP contribution in [0.5, 0.6) is 0 Å². The van der Waals surface area contributed by atoms with Gasteiger partial charge in [-0.1, -0.05) is 214 Å². The highest BCUT2D eigenvalue weighted by Gasteiger charge is 2.37. The van der Waals surface area contributed by atoms with E-state index in [4.69, 9.17) is 0 Å². The lowest BCUT2D eigenvalue weighted by molar-refractivity contribution is -0.364. The van der Waals surface area contributed by atoms with E-state index in [0.29, 0.717) is 0 Å². The standard InChI is InChI=1S/4C16H36P.H4O7P2/c4*1-5-9-13-17(14-10-6-2,15-11-7-3)16-12-8-4;1-8(2,3)7-9(4,5)6/h4*5-16H2,1-4H3;(H2,1,2,3)(H2,4,5,6)/q4*+1;/p-4. The number of hydrogen-bond donors (Lipinski definition) is 0. The van der Waals surface area contributed by atoms with Gasteiger partial charge in [0.1, 0.15) is 0 Å². The van der Waals surface area contributed by atoms with Crippen molar-refractivity contribution in [1.29, 1.82) is 0 Å². The predicted molar refractivity (Wildman–Crippen MR) is 360 cm³/mol. The molecule has 0 fully saturated rings. The first-order valence-electron chi connectivity index (χ1n) is 33.8. The maximum Gasteiger partial charge on any atom is 0.0655 e. The van der Waals surface area contributed by atoms with Gasteiger partial charge in [0, 0.05) is 29.0 Å². The van der Waals surface area contributed by atoms with Crippen molar-refractivity contribution in [2.45, 2.75) is 316 Å². The average molecular weight is 1210 g/mol. The van der Waals surface area contributed by atoms with Crippen LogP contribution in [0.1, 0.15) is 316 Å². The van der Waals surface area contributed by atoms with E-state index in [1.807, 2.05) is 0 Å². The summed E-state index contributed by atoms with van der Waals surface area (Å²) in [6, 6.07) is 0. The van der Waals surface area contributed by atoms with Gasteiger partial charge in [-0.05, 0) is 103 Å². The van der Waals surface area contributed by atoms with Crippen molar-refractivity contribution in [1.82, 2.24) is 0 Å². The first kappa shape index (κ1) is 87.8. The molecule has 0 radical (unpaired) electrons. The molecule has 0 saturated carbocycles. The van der Waals surface area contributed by atoms with Gasteiger partial charge in [0.05, 0.1) is 114 Å². The lowest BCUT2D eigenvalue weighted by Crippen LogP contribution is -2.23. The van der Waals surface area contributed by atoms with E-state index in [-0.39, 0.29) is 0 Å². The Kier molecular flexibility index (Phi) is 69.6. The van der Waals surface area contributed by atoms with Crippen LogP contribution in [-0.2, 0) is 13.4 Å². The van der Waals surface area contributed by atoms with E-state index in [9.17, 15) is 28.7 Å². The topological polar surface area (TPSA) is 136 Å². The van der Waals surface area contributed by atoms with Gasteiger partial charge in [-0.15, -0.1) is 0 Å². The van der Waals surface area contributed by atoms with E-state index in [1.54, 1.807) is 98.6 Å². The minimum atomic E-state index is -5.68. The lowest BCUT2D eigenvalue weighted by atomic mass is 10.4. The highest BCUT2D eigenvalue weighted by molar-refractivity contribution is 7.77. The highest BCUT2D eigenvalue weighted by Crippen LogP contribution is 2.64. The Morgan fingerprint density at radius 2 is 0.286 bits per heavy atom. The van der Waals surface area contributed by atoms with Crippen LogP contribution in [0.3, 0.4) is 0 Å². The SMILES string of the molecule is CCCC[P+](CCCC)(CCCC)CCCC.CCCC[P+](CCCC)(CCCC)CCCC.CCCC[P+](CCCC)(CCCC)CCCC.CCCC[P+](CCCC)(CCCC)CCCC.O=P([O-])([O-])OP(=O)([O-])[O-]. The third kappa shape index (κ3) is 58.2. The van der Waals surface area contributed by atoms with Gasteiger partial charge in [-0.2, -0.15) is 0 Å².